The van der Waals surface area contributed by atoms with Gasteiger partial charge in [0.15, 0.2) is 0 Å². The molecular weight excluding hydrogens is 306 g/mol. The summed E-state index contributed by atoms with van der Waals surface area (Å²) in [6.45, 7) is 3.14. The van der Waals surface area contributed by atoms with E-state index in [1.54, 1.807) is 6.08 Å². The van der Waals surface area contributed by atoms with Gasteiger partial charge < -0.3 is 10.1 Å². The predicted molar refractivity (Wildman–Crippen MR) is 92.0 cm³/mol. The van der Waals surface area contributed by atoms with Gasteiger partial charge in [0.05, 0.1) is 6.10 Å². The van der Waals surface area contributed by atoms with E-state index in [0.29, 0.717) is 0 Å². The van der Waals surface area contributed by atoms with E-state index in [0.717, 1.165) is 51.7 Å². The zero-order valence-corrected chi connectivity index (χ0v) is 13.9. The Hall–Kier alpha value is -1.79. The first kappa shape index (κ1) is 17.0. The average molecular weight is 331 g/mol. The molecular formula is C18H25N3O3. The van der Waals surface area contributed by atoms with Crippen molar-refractivity contribution >= 4 is 5.91 Å². The third-order valence-electron chi connectivity index (χ3n) is 4.83. The Bertz CT molecular complexity index is 560. The molecule has 1 aliphatic carbocycles. The molecule has 0 saturated carbocycles. The summed E-state index contributed by atoms with van der Waals surface area (Å²) in [5.74, 6) is -0.743. The molecule has 0 aromatic carbocycles. The van der Waals surface area contributed by atoms with Crippen LogP contribution in [0.5, 0.6) is 0 Å². The monoisotopic (exact) mass is 331 g/mol. The van der Waals surface area contributed by atoms with Gasteiger partial charge in [-0.05, 0) is 38.5 Å². The molecule has 3 rings (SSSR count). The molecule has 0 radical (unpaired) electrons. The minimum Gasteiger partial charge on any atom is -0.356 e. The number of hydrogen-bond donors (Lipinski definition) is 1. The topological polar surface area (TPSA) is 71.0 Å². The zero-order chi connectivity index (χ0) is 16.8. The fourth-order valence-electron chi connectivity index (χ4n) is 3.49. The molecule has 1 N–H and O–H groups in total. The van der Waals surface area contributed by atoms with Crippen molar-refractivity contribution in [1.82, 2.24) is 10.2 Å². The van der Waals surface area contributed by atoms with Gasteiger partial charge in [0.25, 0.3) is 0 Å². The largest absolute Gasteiger partial charge is 0.356 e. The summed E-state index contributed by atoms with van der Waals surface area (Å²) in [7, 11) is 0. The molecule has 0 aromatic heterocycles. The number of carbonyl (C=O) groups is 1. The Balaban J connectivity index is 1.41. The van der Waals surface area contributed by atoms with E-state index in [2.05, 4.69) is 33.6 Å². The second-order valence-corrected chi connectivity index (χ2v) is 6.63. The number of carbonyl (C=O) groups excluding carboxylic acids is 1. The van der Waals surface area contributed by atoms with Crippen LogP contribution in [0.15, 0.2) is 40.8 Å². The van der Waals surface area contributed by atoms with E-state index in [1.165, 1.54) is 12.0 Å². The molecule has 2 heterocycles. The number of ether oxygens (including phenoxy) is 1. The third-order valence-corrected chi connectivity index (χ3v) is 4.83. The molecule has 6 heteroatoms. The summed E-state index contributed by atoms with van der Waals surface area (Å²) in [6.07, 6.45) is 14.2. The van der Waals surface area contributed by atoms with Gasteiger partial charge in [0.2, 0.25) is 0 Å². The maximum Gasteiger partial charge on any atom is 0.332 e. The van der Waals surface area contributed by atoms with Crippen molar-refractivity contribution in [2.24, 2.45) is 5.18 Å². The number of amides is 1. The van der Waals surface area contributed by atoms with E-state index in [4.69, 9.17) is 4.74 Å². The van der Waals surface area contributed by atoms with Crippen molar-refractivity contribution in [3.63, 3.8) is 0 Å². The van der Waals surface area contributed by atoms with Crippen molar-refractivity contribution in [1.29, 1.82) is 0 Å². The molecule has 3 aliphatic rings. The molecule has 130 valence electrons. The molecule has 1 saturated heterocycles. The number of allylic oxidation sites excluding steroid dienone is 4. The summed E-state index contributed by atoms with van der Waals surface area (Å²) in [5, 5.41) is 5.46. The van der Waals surface area contributed by atoms with Crippen LogP contribution in [0.4, 0.5) is 0 Å². The highest BCUT2D eigenvalue weighted by atomic mass is 16.5. The molecule has 0 aromatic rings. The van der Waals surface area contributed by atoms with Gasteiger partial charge in [-0.25, -0.2) is 0 Å². The number of hydrogen-bond acceptors (Lipinski definition) is 5. The number of piperidine rings is 1. The Morgan fingerprint density at radius 3 is 2.83 bits per heavy atom. The highest BCUT2D eigenvalue weighted by Gasteiger charge is 2.26. The van der Waals surface area contributed by atoms with Gasteiger partial charge >= 0.3 is 5.91 Å². The first-order valence-corrected chi connectivity index (χ1v) is 8.81. The molecule has 24 heavy (non-hydrogen) atoms. The second kappa shape index (κ2) is 8.35. The SMILES string of the molecule is O=NC(=O)C1=CCCC(OC2CCN(CC3=CC=CCC3)CC2)N1. The molecule has 6 nitrogen and oxygen atoms in total. The van der Waals surface area contributed by atoms with E-state index >= 15 is 0 Å². The summed E-state index contributed by atoms with van der Waals surface area (Å²) in [5.41, 5.74) is 1.79. The lowest BCUT2D eigenvalue weighted by Gasteiger charge is -2.35. The molecule has 1 fully saturated rings. The van der Waals surface area contributed by atoms with Crippen molar-refractivity contribution in [3.05, 3.63) is 40.5 Å². The maximum atomic E-state index is 11.4. The van der Waals surface area contributed by atoms with Gasteiger partial charge in [0, 0.05) is 24.8 Å². The van der Waals surface area contributed by atoms with Gasteiger partial charge in [-0.15, -0.1) is 4.91 Å². The first-order valence-electron chi connectivity index (χ1n) is 8.81. The minimum absolute atomic E-state index is 0.196. The van der Waals surface area contributed by atoms with E-state index in [1.807, 2.05) is 0 Å². The highest BCUT2D eigenvalue weighted by molar-refractivity contribution is 5.93. The molecule has 0 spiro atoms. The highest BCUT2D eigenvalue weighted by Crippen LogP contribution is 2.21. The van der Waals surface area contributed by atoms with Crippen molar-refractivity contribution in [2.75, 3.05) is 19.6 Å². The third kappa shape index (κ3) is 4.61. The van der Waals surface area contributed by atoms with Crippen LogP contribution in [0.1, 0.15) is 38.5 Å². The molecule has 0 bridgehead atoms. The summed E-state index contributed by atoms with van der Waals surface area (Å²) in [4.78, 5) is 24.2. The lowest BCUT2D eigenvalue weighted by Crippen LogP contribution is -2.43. The number of rotatable bonds is 5. The van der Waals surface area contributed by atoms with Crippen LogP contribution in [0.2, 0.25) is 0 Å². The van der Waals surface area contributed by atoms with Crippen molar-refractivity contribution in [2.45, 2.75) is 50.9 Å². The number of nitroso groups, excluding NO2 is 1. The number of nitrogens with one attached hydrogen (secondary N) is 1. The van der Waals surface area contributed by atoms with Crippen LogP contribution in [0.3, 0.4) is 0 Å². The molecule has 1 amide bonds. The number of likely N-dealkylation sites (tertiary alicyclic amines) is 1. The van der Waals surface area contributed by atoms with Gasteiger partial charge in [-0.1, -0.05) is 29.9 Å². The molecule has 1 unspecified atom stereocenters. The zero-order valence-electron chi connectivity index (χ0n) is 13.9. The lowest BCUT2D eigenvalue weighted by atomic mass is 10.0. The van der Waals surface area contributed by atoms with Crippen molar-refractivity contribution < 1.29 is 9.53 Å². The van der Waals surface area contributed by atoms with Crippen LogP contribution in [-0.2, 0) is 9.53 Å². The smallest absolute Gasteiger partial charge is 0.332 e. The Labute approximate surface area is 142 Å². The quantitative estimate of drug-likeness (QED) is 0.784. The summed E-state index contributed by atoms with van der Waals surface area (Å²) in [6, 6.07) is 0. The summed E-state index contributed by atoms with van der Waals surface area (Å²) >= 11 is 0. The standard InChI is InChI=1S/C18H25N3O3/c22-18(20-23)16-7-4-8-17(19-16)24-15-9-11-21(12-10-15)13-14-5-2-1-3-6-14/h1-2,5,7,15,17,19H,3-4,6,8-13H2. The van der Waals surface area contributed by atoms with Gasteiger partial charge in [-0.2, -0.15) is 0 Å². The van der Waals surface area contributed by atoms with E-state index in [-0.39, 0.29) is 18.0 Å². The fourth-order valence-corrected chi connectivity index (χ4v) is 3.49. The Kier molecular flexibility index (Phi) is 5.93. The minimum atomic E-state index is -0.743. The van der Waals surface area contributed by atoms with E-state index < -0.39 is 5.91 Å². The molecule has 2 aliphatic heterocycles. The lowest BCUT2D eigenvalue weighted by molar-refractivity contribution is -0.116. The number of nitrogens with zero attached hydrogens (tertiary/aromatic N) is 2. The normalized spacial score (nSPS) is 25.6. The van der Waals surface area contributed by atoms with Crippen LogP contribution < -0.4 is 5.32 Å². The Morgan fingerprint density at radius 1 is 1.29 bits per heavy atom. The summed E-state index contributed by atoms with van der Waals surface area (Å²) < 4.78 is 6.10. The molecule has 1 atom stereocenters. The first-order chi connectivity index (χ1) is 11.7. The van der Waals surface area contributed by atoms with Crippen molar-refractivity contribution in [3.8, 4) is 0 Å². The van der Waals surface area contributed by atoms with Crippen LogP contribution in [0, 0.1) is 4.91 Å². The van der Waals surface area contributed by atoms with Gasteiger partial charge in [-0.3, -0.25) is 9.69 Å². The Morgan fingerprint density at radius 2 is 2.12 bits per heavy atom. The predicted octanol–water partition coefficient (Wildman–Crippen LogP) is 2.63. The van der Waals surface area contributed by atoms with Gasteiger partial charge in [0.1, 0.15) is 11.9 Å². The van der Waals surface area contributed by atoms with Crippen LogP contribution >= 0.6 is 0 Å². The average Bonchev–Trinajstić information content (AvgIpc) is 2.64. The van der Waals surface area contributed by atoms with E-state index in [9.17, 15) is 9.70 Å². The second-order valence-electron chi connectivity index (χ2n) is 6.63. The van der Waals surface area contributed by atoms with Crippen LogP contribution in [0.25, 0.3) is 0 Å². The van der Waals surface area contributed by atoms with Crippen LogP contribution in [-0.4, -0.2) is 42.8 Å². The maximum absolute atomic E-state index is 11.4. The fraction of sp³-hybridized carbons (Fsp3) is 0.611.